The van der Waals surface area contributed by atoms with E-state index in [4.69, 9.17) is 4.74 Å². The fourth-order valence-electron chi connectivity index (χ4n) is 4.16. The minimum atomic E-state index is -0.932. The molecule has 1 aliphatic heterocycles. The van der Waals surface area contributed by atoms with Gasteiger partial charge in [0, 0.05) is 25.1 Å². The third-order valence-electron chi connectivity index (χ3n) is 6.45. The molecule has 2 unspecified atom stereocenters. The quantitative estimate of drug-likeness (QED) is 0.0854. The van der Waals surface area contributed by atoms with Crippen molar-refractivity contribution in [3.8, 4) is 0 Å². The van der Waals surface area contributed by atoms with Gasteiger partial charge in [0.05, 0.1) is 10.2 Å². The molecule has 0 bridgehead atoms. The Hall–Kier alpha value is -2.59. The van der Waals surface area contributed by atoms with Gasteiger partial charge in [-0.05, 0) is 56.2 Å². The van der Waals surface area contributed by atoms with Crippen LogP contribution in [0.2, 0.25) is 0 Å². The lowest BCUT2D eigenvalue weighted by molar-refractivity contribution is -0.386. The van der Waals surface area contributed by atoms with Gasteiger partial charge in [-0.3, -0.25) is 19.7 Å². The Morgan fingerprint density at radius 1 is 1.10 bits per heavy atom. The van der Waals surface area contributed by atoms with Crippen molar-refractivity contribution in [2.45, 2.75) is 109 Å². The highest BCUT2D eigenvalue weighted by Crippen LogP contribution is 2.23. The first-order chi connectivity index (χ1) is 18.7. The number of H-pyrrole nitrogens is 1. The van der Waals surface area contributed by atoms with E-state index in [0.717, 1.165) is 24.2 Å². The van der Waals surface area contributed by atoms with E-state index in [1.54, 1.807) is 7.11 Å². The Labute approximate surface area is 237 Å². The Bertz CT molecular complexity index is 994. The number of ether oxygens (including phenoxy) is 1. The van der Waals surface area contributed by atoms with Crippen LogP contribution in [0.1, 0.15) is 97.0 Å². The molecule has 0 aromatic carbocycles. The van der Waals surface area contributed by atoms with Crippen molar-refractivity contribution >= 4 is 23.4 Å². The van der Waals surface area contributed by atoms with Crippen molar-refractivity contribution in [3.63, 3.8) is 0 Å². The third kappa shape index (κ3) is 13.4. The summed E-state index contributed by atoms with van der Waals surface area (Å²) in [7, 11) is 1.62. The molecule has 0 fully saturated rings. The van der Waals surface area contributed by atoms with Crippen molar-refractivity contribution in [3.05, 3.63) is 62.2 Å². The topological polar surface area (TPSA) is 126 Å². The summed E-state index contributed by atoms with van der Waals surface area (Å²) >= 11 is 1.81. The van der Waals surface area contributed by atoms with Gasteiger partial charge in [0.25, 0.3) is 0 Å². The zero-order valence-corrected chi connectivity index (χ0v) is 25.2. The summed E-state index contributed by atoms with van der Waals surface area (Å²) in [4.78, 5) is 35.6. The number of nitrogens with one attached hydrogen (secondary N) is 3. The number of carbonyl (C=O) groups is 1. The molecule has 2 rings (SSSR count). The number of aryl methyl sites for hydroxylation is 1. The highest BCUT2D eigenvalue weighted by molar-refractivity contribution is 8.00. The lowest BCUT2D eigenvalue weighted by Gasteiger charge is -2.34. The van der Waals surface area contributed by atoms with Gasteiger partial charge in [0.1, 0.15) is 0 Å². The summed E-state index contributed by atoms with van der Waals surface area (Å²) < 4.78 is 5.62. The highest BCUT2D eigenvalue weighted by Gasteiger charge is 2.32. The number of rotatable bonds is 17. The maximum absolute atomic E-state index is 13.1. The molecule has 3 N–H and O–H groups in total. The predicted octanol–water partition coefficient (Wildman–Crippen LogP) is 6.49. The van der Waals surface area contributed by atoms with Crippen LogP contribution in [0.4, 0.5) is 5.69 Å². The van der Waals surface area contributed by atoms with Crippen molar-refractivity contribution in [1.29, 1.82) is 0 Å². The number of amides is 1. The Morgan fingerprint density at radius 2 is 1.74 bits per heavy atom. The average molecular weight is 565 g/mol. The number of hydrogen-bond acceptors (Lipinski definition) is 7. The monoisotopic (exact) mass is 564 g/mol. The van der Waals surface area contributed by atoms with Crippen LogP contribution in [0.3, 0.4) is 0 Å². The summed E-state index contributed by atoms with van der Waals surface area (Å²) in [5, 5.41) is 16.5. The molecular weight excluding hydrogens is 516 g/mol. The molecule has 39 heavy (non-hydrogen) atoms. The zero-order valence-electron chi connectivity index (χ0n) is 24.3. The Morgan fingerprint density at radius 3 is 2.31 bits per heavy atom. The number of allylic oxidation sites excluding steroid dienone is 2. The van der Waals surface area contributed by atoms with Crippen molar-refractivity contribution < 1.29 is 14.5 Å². The number of nitro groups is 1. The van der Waals surface area contributed by atoms with E-state index in [9.17, 15) is 19.7 Å². The fraction of sp³-hybridized carbons (Fsp3) is 0.655. The maximum atomic E-state index is 13.1. The first-order valence-electron chi connectivity index (χ1n) is 14.1. The highest BCUT2D eigenvalue weighted by atomic mass is 32.2. The molecule has 9 nitrogen and oxygen atoms in total. The molecule has 0 saturated carbocycles. The van der Waals surface area contributed by atoms with Crippen LogP contribution < -0.4 is 16.2 Å². The molecule has 2 heterocycles. The van der Waals surface area contributed by atoms with Crippen LogP contribution in [-0.2, 0) is 9.53 Å². The number of unbranched alkanes of at least 4 members (excludes halogenated alkanes) is 8. The minimum Gasteiger partial charge on any atom is -0.343 e. The van der Waals surface area contributed by atoms with E-state index < -0.39 is 16.3 Å². The number of pyridine rings is 1. The first kappa shape index (κ1) is 34.4. The van der Waals surface area contributed by atoms with E-state index in [2.05, 4.69) is 29.5 Å². The van der Waals surface area contributed by atoms with Gasteiger partial charge < -0.3 is 20.4 Å². The molecule has 2 atom stereocenters. The number of carbonyl (C=O) groups excluding carboxylic acids is 1. The molecular formula is C29H48N4O5S. The molecule has 1 aromatic rings. The van der Waals surface area contributed by atoms with Crippen LogP contribution in [0, 0.1) is 17.0 Å². The summed E-state index contributed by atoms with van der Waals surface area (Å²) in [6, 6.07) is 1.49. The molecule has 0 radical (unpaired) electrons. The molecule has 1 amide bonds. The zero-order chi connectivity index (χ0) is 29.1. The van der Waals surface area contributed by atoms with Gasteiger partial charge in [0.15, 0.2) is 0 Å². The smallest absolute Gasteiger partial charge is 0.336 e. The van der Waals surface area contributed by atoms with Crippen molar-refractivity contribution in [2.24, 2.45) is 0 Å². The second kappa shape index (κ2) is 19.5. The number of hydrogen-bond donors (Lipinski definition) is 3. The van der Waals surface area contributed by atoms with Gasteiger partial charge >= 0.3 is 11.2 Å². The number of aromatic nitrogens is 1. The normalized spacial score (nSPS) is 16.9. The van der Waals surface area contributed by atoms with Crippen LogP contribution >= 0.6 is 11.8 Å². The van der Waals surface area contributed by atoms with Crippen LogP contribution in [0.15, 0.2) is 41.0 Å². The van der Waals surface area contributed by atoms with Crippen molar-refractivity contribution in [1.82, 2.24) is 15.6 Å². The third-order valence-corrected chi connectivity index (χ3v) is 7.83. The molecule has 10 heteroatoms. The summed E-state index contributed by atoms with van der Waals surface area (Å²) in [6.07, 6.45) is 20.5. The number of dihydropyridines is 1. The summed E-state index contributed by atoms with van der Waals surface area (Å²) in [6.45, 7) is 8.00. The molecule has 1 aromatic heterocycles. The fourth-order valence-corrected chi connectivity index (χ4v) is 5.36. The molecule has 0 spiro atoms. The number of thioether (sulfide) groups is 1. The van der Waals surface area contributed by atoms with Gasteiger partial charge in [-0.25, -0.2) is 0 Å². The van der Waals surface area contributed by atoms with Crippen LogP contribution in [-0.4, -0.2) is 39.8 Å². The lowest BCUT2D eigenvalue weighted by atomic mass is 10.1. The molecule has 0 saturated heterocycles. The van der Waals surface area contributed by atoms with E-state index in [-0.39, 0.29) is 16.8 Å². The largest absolute Gasteiger partial charge is 0.343 e. The van der Waals surface area contributed by atoms with E-state index in [1.807, 2.05) is 37.0 Å². The Kier molecular flexibility index (Phi) is 17.2. The second-order valence-corrected chi connectivity index (χ2v) is 11.2. The summed E-state index contributed by atoms with van der Waals surface area (Å²) in [5.41, 5.74) is 0.404. The molecule has 0 aliphatic carbocycles. The Balaban J connectivity index is 0.000000573. The summed E-state index contributed by atoms with van der Waals surface area (Å²) in [5.74, 6) is 0.191. The first-order valence-corrected chi connectivity index (χ1v) is 15.2. The predicted molar refractivity (Wildman–Crippen MR) is 161 cm³/mol. The van der Waals surface area contributed by atoms with Crippen LogP contribution in [0.25, 0.3) is 0 Å². The SMILES string of the molecule is CCCCCCCCC(SCCCCCC)C(=O)NC1(OC)C=C(C)C=CN1.Cc1cc[nH]c(=O)c1[N+](=O)[O-]. The van der Waals surface area contributed by atoms with Gasteiger partial charge in [-0.1, -0.05) is 71.6 Å². The molecule has 220 valence electrons. The van der Waals surface area contributed by atoms with Crippen molar-refractivity contribution in [2.75, 3.05) is 12.9 Å². The maximum Gasteiger partial charge on any atom is 0.336 e. The molecule has 1 aliphatic rings. The average Bonchev–Trinajstić information content (AvgIpc) is 2.89. The standard InChI is InChI=1S/C23H42N2O2S.C6H6N2O3/c1-5-7-9-11-12-13-15-21(28-18-14-10-8-6-2)22(26)25-23(27-4)19-20(3)16-17-24-23;1-4-2-3-7-6(9)5(4)8(10)11/h16-17,19,21,24H,5-15,18H2,1-4H3,(H,25,26);2-3H,1H3,(H,7,9). The van der Waals surface area contributed by atoms with Gasteiger partial charge in [-0.2, -0.15) is 0 Å². The van der Waals surface area contributed by atoms with E-state index >= 15 is 0 Å². The van der Waals surface area contributed by atoms with Gasteiger partial charge in [0.2, 0.25) is 11.8 Å². The number of nitrogens with zero attached hydrogens (tertiary/aromatic N) is 1. The second-order valence-electron chi connectivity index (χ2n) is 9.87. The number of methoxy groups -OCH3 is 1. The van der Waals surface area contributed by atoms with E-state index in [0.29, 0.717) is 5.56 Å². The lowest BCUT2D eigenvalue weighted by Crippen LogP contribution is -2.59. The van der Waals surface area contributed by atoms with E-state index in [1.165, 1.54) is 77.0 Å². The number of aromatic amines is 1. The van der Waals surface area contributed by atoms with Crippen LogP contribution in [0.5, 0.6) is 0 Å². The minimum absolute atomic E-state index is 0.0127. The van der Waals surface area contributed by atoms with Gasteiger partial charge in [-0.15, -0.1) is 11.8 Å².